The molecule has 1 atom stereocenters. The molecule has 1 aromatic carbocycles. The van der Waals surface area contributed by atoms with Crippen molar-refractivity contribution in [3.8, 4) is 6.07 Å². The number of ether oxygens (including phenoxy) is 1. The van der Waals surface area contributed by atoms with Crippen LogP contribution in [-0.4, -0.2) is 70.6 Å². The third kappa shape index (κ3) is 9.62. The molecule has 38 heavy (non-hydrogen) atoms. The second-order valence-electron chi connectivity index (χ2n) is 12.4. The van der Waals surface area contributed by atoms with Crippen LogP contribution in [0.25, 0.3) is 0 Å². The van der Waals surface area contributed by atoms with Gasteiger partial charge in [0.15, 0.2) is 0 Å². The van der Waals surface area contributed by atoms with E-state index >= 15 is 0 Å². The first-order chi connectivity index (χ1) is 18.1. The number of rotatable bonds is 12. The molecule has 2 fully saturated rings. The predicted molar refractivity (Wildman–Crippen MR) is 150 cm³/mol. The molecular weight excluding hydrogens is 476 g/mol. The van der Waals surface area contributed by atoms with Crippen molar-refractivity contribution in [2.75, 3.05) is 26.2 Å². The summed E-state index contributed by atoms with van der Waals surface area (Å²) in [5.41, 5.74) is 0.617. The molecule has 1 saturated carbocycles. The maximum absolute atomic E-state index is 13.2. The standard InChI is InChI=1S/C31H48N4O3/c1-24(2)10-9-18-34(30(37)38-31(3,4)5)21-17-28(22-32)33-19-15-27(16-20-33)35(29(36)26-13-14-26)23-25-11-7-6-8-12-25/h6-8,11-12,24,26-28H,9-10,13-21,23H2,1-5H3. The SMILES string of the molecule is CC(C)CCCN(CCC(C#N)N1CCC(N(Cc2ccccc2)C(=O)C2CC2)CC1)C(=O)OC(C)(C)C. The number of amides is 2. The smallest absolute Gasteiger partial charge is 0.410 e. The summed E-state index contributed by atoms with van der Waals surface area (Å²) in [5, 5.41) is 10.0. The zero-order valence-electron chi connectivity index (χ0n) is 24.2. The molecular formula is C31H48N4O3. The van der Waals surface area contributed by atoms with Gasteiger partial charge in [0, 0.05) is 44.7 Å². The molecule has 3 rings (SSSR count). The largest absolute Gasteiger partial charge is 0.444 e. The lowest BCUT2D eigenvalue weighted by Gasteiger charge is -2.40. The maximum Gasteiger partial charge on any atom is 0.410 e. The third-order valence-electron chi connectivity index (χ3n) is 7.47. The molecule has 0 spiro atoms. The Hall–Kier alpha value is -2.59. The van der Waals surface area contributed by atoms with Crippen molar-refractivity contribution in [3.05, 3.63) is 35.9 Å². The number of piperidine rings is 1. The fourth-order valence-corrected chi connectivity index (χ4v) is 5.16. The Morgan fingerprint density at radius 3 is 2.26 bits per heavy atom. The number of carbonyl (C=O) groups excluding carboxylic acids is 2. The number of hydrogen-bond donors (Lipinski definition) is 0. The highest BCUT2D eigenvalue weighted by molar-refractivity contribution is 5.81. The highest BCUT2D eigenvalue weighted by Crippen LogP contribution is 2.34. The van der Waals surface area contributed by atoms with Gasteiger partial charge in [-0.2, -0.15) is 5.26 Å². The molecule has 7 nitrogen and oxygen atoms in total. The van der Waals surface area contributed by atoms with Crippen LogP contribution in [0.2, 0.25) is 0 Å². The van der Waals surface area contributed by atoms with Crippen LogP contribution < -0.4 is 0 Å². The quantitative estimate of drug-likeness (QED) is 0.343. The van der Waals surface area contributed by atoms with Gasteiger partial charge in [-0.1, -0.05) is 44.2 Å². The van der Waals surface area contributed by atoms with Crippen LogP contribution in [-0.2, 0) is 16.1 Å². The molecule has 2 aliphatic rings. The van der Waals surface area contributed by atoms with E-state index in [0.29, 0.717) is 37.9 Å². The topological polar surface area (TPSA) is 76.9 Å². The first-order valence-corrected chi connectivity index (χ1v) is 14.5. The lowest BCUT2D eigenvalue weighted by Crippen LogP contribution is -2.50. The molecule has 0 radical (unpaired) electrons. The Morgan fingerprint density at radius 2 is 1.71 bits per heavy atom. The summed E-state index contributed by atoms with van der Waals surface area (Å²) in [4.78, 5) is 32.1. The molecule has 1 saturated heterocycles. The monoisotopic (exact) mass is 524 g/mol. The van der Waals surface area contributed by atoms with Crippen LogP contribution >= 0.6 is 0 Å². The molecule has 1 aromatic rings. The van der Waals surface area contributed by atoms with E-state index in [2.05, 4.69) is 41.8 Å². The minimum atomic E-state index is -0.548. The second-order valence-corrected chi connectivity index (χ2v) is 12.4. The van der Waals surface area contributed by atoms with Crippen LogP contribution in [0.5, 0.6) is 0 Å². The average Bonchev–Trinajstić information content (AvgIpc) is 3.72. The van der Waals surface area contributed by atoms with Gasteiger partial charge in [-0.15, -0.1) is 0 Å². The Bertz CT molecular complexity index is 925. The normalized spacial score (nSPS) is 17.6. The van der Waals surface area contributed by atoms with Gasteiger partial charge in [0.05, 0.1) is 12.1 Å². The minimum absolute atomic E-state index is 0.193. The van der Waals surface area contributed by atoms with Crippen molar-refractivity contribution < 1.29 is 14.3 Å². The number of hydrogen-bond acceptors (Lipinski definition) is 5. The van der Waals surface area contributed by atoms with Gasteiger partial charge in [0.25, 0.3) is 0 Å². The molecule has 1 aliphatic heterocycles. The lowest BCUT2D eigenvalue weighted by molar-refractivity contribution is -0.136. The third-order valence-corrected chi connectivity index (χ3v) is 7.47. The van der Waals surface area contributed by atoms with Crippen molar-refractivity contribution in [3.63, 3.8) is 0 Å². The van der Waals surface area contributed by atoms with Crippen LogP contribution in [0.15, 0.2) is 30.3 Å². The average molecular weight is 525 g/mol. The summed E-state index contributed by atoms with van der Waals surface area (Å²) in [5.74, 6) is 1.06. The molecule has 2 amide bonds. The molecule has 1 unspecified atom stereocenters. The van der Waals surface area contributed by atoms with Gasteiger partial charge in [0.2, 0.25) is 5.91 Å². The van der Waals surface area contributed by atoms with Gasteiger partial charge >= 0.3 is 6.09 Å². The fraction of sp³-hybridized carbons (Fsp3) is 0.710. The van der Waals surface area contributed by atoms with Crippen LogP contribution in [0, 0.1) is 23.2 Å². The number of benzene rings is 1. The van der Waals surface area contributed by atoms with Gasteiger partial charge in [0.1, 0.15) is 5.60 Å². The Labute approximate surface area is 230 Å². The number of carbonyl (C=O) groups is 2. The Balaban J connectivity index is 1.57. The van der Waals surface area contributed by atoms with Crippen molar-refractivity contribution in [1.82, 2.24) is 14.7 Å². The number of likely N-dealkylation sites (tertiary alicyclic amines) is 1. The van der Waals surface area contributed by atoms with E-state index in [1.54, 1.807) is 4.90 Å². The first kappa shape index (κ1) is 30.0. The first-order valence-electron chi connectivity index (χ1n) is 14.5. The molecule has 0 N–H and O–H groups in total. The molecule has 1 heterocycles. The lowest BCUT2D eigenvalue weighted by atomic mass is 9.99. The molecule has 210 valence electrons. The van der Waals surface area contributed by atoms with Crippen LogP contribution in [0.1, 0.15) is 85.1 Å². The summed E-state index contributed by atoms with van der Waals surface area (Å²) in [7, 11) is 0. The molecule has 0 bridgehead atoms. The molecule has 1 aliphatic carbocycles. The fourth-order valence-electron chi connectivity index (χ4n) is 5.16. The molecule has 0 aromatic heterocycles. The minimum Gasteiger partial charge on any atom is -0.444 e. The highest BCUT2D eigenvalue weighted by Gasteiger charge is 2.38. The predicted octanol–water partition coefficient (Wildman–Crippen LogP) is 5.85. The summed E-state index contributed by atoms with van der Waals surface area (Å²) in [6.07, 6.45) is 6.01. The van der Waals surface area contributed by atoms with Crippen LogP contribution in [0.3, 0.4) is 0 Å². The van der Waals surface area contributed by atoms with E-state index in [4.69, 9.17) is 4.74 Å². The second kappa shape index (κ2) is 14.0. The van der Waals surface area contributed by atoms with Crippen molar-refractivity contribution in [2.24, 2.45) is 11.8 Å². The summed E-state index contributed by atoms with van der Waals surface area (Å²) in [6.45, 7) is 13.4. The zero-order chi connectivity index (χ0) is 27.7. The zero-order valence-corrected chi connectivity index (χ0v) is 24.2. The summed E-state index contributed by atoms with van der Waals surface area (Å²) in [6, 6.07) is 12.7. The van der Waals surface area contributed by atoms with Gasteiger partial charge in [-0.3, -0.25) is 9.69 Å². The van der Waals surface area contributed by atoms with E-state index in [1.807, 2.05) is 39.0 Å². The maximum atomic E-state index is 13.2. The van der Waals surface area contributed by atoms with E-state index in [-0.39, 0.29) is 24.1 Å². The summed E-state index contributed by atoms with van der Waals surface area (Å²) >= 11 is 0. The van der Waals surface area contributed by atoms with Gasteiger partial charge in [-0.25, -0.2) is 4.79 Å². The van der Waals surface area contributed by atoms with Crippen molar-refractivity contribution in [1.29, 1.82) is 5.26 Å². The number of nitrogens with zero attached hydrogens (tertiary/aromatic N) is 4. The summed E-state index contributed by atoms with van der Waals surface area (Å²) < 4.78 is 5.66. The van der Waals surface area contributed by atoms with E-state index < -0.39 is 5.60 Å². The van der Waals surface area contributed by atoms with E-state index in [1.165, 1.54) is 5.56 Å². The molecule has 7 heteroatoms. The number of nitriles is 1. The van der Waals surface area contributed by atoms with Gasteiger partial charge < -0.3 is 14.5 Å². The Kier molecular flexibility index (Phi) is 11.0. The van der Waals surface area contributed by atoms with Crippen LogP contribution in [0.4, 0.5) is 4.79 Å². The Morgan fingerprint density at radius 1 is 1.05 bits per heavy atom. The van der Waals surface area contributed by atoms with Gasteiger partial charge in [-0.05, 0) is 77.2 Å². The van der Waals surface area contributed by atoms with E-state index in [9.17, 15) is 14.9 Å². The van der Waals surface area contributed by atoms with E-state index in [0.717, 1.165) is 51.6 Å². The van der Waals surface area contributed by atoms with Crippen molar-refractivity contribution >= 4 is 12.0 Å². The highest BCUT2D eigenvalue weighted by atomic mass is 16.6. The van der Waals surface area contributed by atoms with Crippen molar-refractivity contribution in [2.45, 2.75) is 104 Å².